The summed E-state index contributed by atoms with van der Waals surface area (Å²) in [7, 11) is 0. The molecule has 0 saturated carbocycles. The lowest BCUT2D eigenvalue weighted by Crippen LogP contribution is -2.29. The highest BCUT2D eigenvalue weighted by Gasteiger charge is 2.31. The van der Waals surface area contributed by atoms with Gasteiger partial charge in [-0.25, -0.2) is 4.68 Å². The maximum atomic E-state index is 12.9. The van der Waals surface area contributed by atoms with Crippen molar-refractivity contribution in [2.24, 2.45) is 0 Å². The van der Waals surface area contributed by atoms with E-state index in [-0.39, 0.29) is 11.9 Å². The van der Waals surface area contributed by atoms with Gasteiger partial charge in [-0.05, 0) is 36.4 Å². The molecule has 0 radical (unpaired) electrons. The van der Waals surface area contributed by atoms with Crippen LogP contribution in [0.3, 0.4) is 0 Å². The smallest absolute Gasteiger partial charge is 0.257 e. The van der Waals surface area contributed by atoms with E-state index < -0.39 is 0 Å². The molecule has 4 rings (SSSR count). The number of carbonyl (C=O) groups is 1. The molecule has 5 heteroatoms. The second-order valence-corrected chi connectivity index (χ2v) is 6.66. The predicted octanol–water partition coefficient (Wildman–Crippen LogP) is 3.91. The van der Waals surface area contributed by atoms with Gasteiger partial charge in [0, 0.05) is 17.6 Å². The average Bonchev–Trinajstić information content (AvgIpc) is 3.34. The van der Waals surface area contributed by atoms with Gasteiger partial charge < -0.3 is 4.90 Å². The second kappa shape index (κ2) is 6.01. The molecule has 0 N–H and O–H groups in total. The Morgan fingerprint density at radius 1 is 1.17 bits per heavy atom. The third-order valence-corrected chi connectivity index (χ3v) is 5.21. The summed E-state index contributed by atoms with van der Waals surface area (Å²) in [4.78, 5) is 16.1. The summed E-state index contributed by atoms with van der Waals surface area (Å²) >= 11 is 1.72. The molecule has 1 aliphatic rings. The van der Waals surface area contributed by atoms with Gasteiger partial charge in [0.05, 0.1) is 23.5 Å². The fraction of sp³-hybridized carbons (Fsp3) is 0.222. The Morgan fingerprint density at radius 3 is 2.83 bits per heavy atom. The van der Waals surface area contributed by atoms with Gasteiger partial charge in [0.1, 0.15) is 0 Å². The van der Waals surface area contributed by atoms with Crippen LogP contribution >= 0.6 is 11.3 Å². The molecular weight excluding hydrogens is 306 g/mol. The molecule has 1 unspecified atom stereocenters. The highest BCUT2D eigenvalue weighted by atomic mass is 32.1. The highest BCUT2D eigenvalue weighted by Crippen LogP contribution is 2.35. The Bertz CT molecular complexity index is 795. The average molecular weight is 323 g/mol. The van der Waals surface area contributed by atoms with Crippen LogP contribution < -0.4 is 0 Å². The second-order valence-electron chi connectivity index (χ2n) is 5.68. The van der Waals surface area contributed by atoms with E-state index in [1.807, 2.05) is 41.4 Å². The molecule has 1 saturated heterocycles. The normalized spacial score (nSPS) is 17.6. The van der Waals surface area contributed by atoms with Crippen molar-refractivity contribution in [3.05, 3.63) is 70.7 Å². The summed E-state index contributed by atoms with van der Waals surface area (Å²) in [5.74, 6) is 0.0723. The van der Waals surface area contributed by atoms with Crippen LogP contribution in [0.1, 0.15) is 34.1 Å². The Morgan fingerprint density at radius 2 is 2.04 bits per heavy atom. The molecule has 1 amide bonds. The molecule has 23 heavy (non-hydrogen) atoms. The van der Waals surface area contributed by atoms with Crippen molar-refractivity contribution in [1.29, 1.82) is 0 Å². The SMILES string of the molecule is O=C(c1cnn(-c2ccccc2)c1)N1CCCC1c1cccs1. The molecule has 1 fully saturated rings. The van der Waals surface area contributed by atoms with Crippen molar-refractivity contribution in [2.45, 2.75) is 18.9 Å². The first-order valence-electron chi connectivity index (χ1n) is 7.77. The first-order chi connectivity index (χ1) is 11.3. The summed E-state index contributed by atoms with van der Waals surface area (Å²) < 4.78 is 1.75. The lowest BCUT2D eigenvalue weighted by atomic mass is 10.2. The first-order valence-corrected chi connectivity index (χ1v) is 8.65. The number of nitrogens with zero attached hydrogens (tertiary/aromatic N) is 3. The third kappa shape index (κ3) is 2.68. The first kappa shape index (κ1) is 14.2. The maximum Gasteiger partial charge on any atom is 0.257 e. The molecule has 1 aliphatic heterocycles. The number of para-hydroxylation sites is 1. The van der Waals surface area contributed by atoms with E-state index in [0.29, 0.717) is 5.56 Å². The van der Waals surface area contributed by atoms with Crippen molar-refractivity contribution in [1.82, 2.24) is 14.7 Å². The van der Waals surface area contributed by atoms with Crippen molar-refractivity contribution in [3.8, 4) is 5.69 Å². The van der Waals surface area contributed by atoms with Crippen LogP contribution in [0.2, 0.25) is 0 Å². The monoisotopic (exact) mass is 323 g/mol. The number of likely N-dealkylation sites (tertiary alicyclic amines) is 1. The number of rotatable bonds is 3. The Kier molecular flexibility index (Phi) is 3.71. The fourth-order valence-electron chi connectivity index (χ4n) is 3.11. The van der Waals surface area contributed by atoms with Crippen LogP contribution in [0.15, 0.2) is 60.2 Å². The van der Waals surface area contributed by atoms with Crippen molar-refractivity contribution >= 4 is 17.2 Å². The van der Waals surface area contributed by atoms with E-state index in [2.05, 4.69) is 22.6 Å². The van der Waals surface area contributed by atoms with Gasteiger partial charge in [0.25, 0.3) is 5.91 Å². The number of carbonyl (C=O) groups excluding carboxylic acids is 1. The van der Waals surface area contributed by atoms with Crippen LogP contribution in [0.4, 0.5) is 0 Å². The van der Waals surface area contributed by atoms with Crippen molar-refractivity contribution < 1.29 is 4.79 Å². The van der Waals surface area contributed by atoms with Crippen LogP contribution in [0.5, 0.6) is 0 Å². The molecule has 3 aromatic rings. The Balaban J connectivity index is 1.59. The minimum absolute atomic E-state index is 0.0723. The van der Waals surface area contributed by atoms with E-state index in [9.17, 15) is 4.79 Å². The summed E-state index contributed by atoms with van der Waals surface area (Å²) in [6.45, 7) is 0.817. The molecule has 2 aromatic heterocycles. The number of hydrogen-bond donors (Lipinski definition) is 0. The third-order valence-electron chi connectivity index (χ3n) is 4.24. The highest BCUT2D eigenvalue weighted by molar-refractivity contribution is 7.10. The Hall–Kier alpha value is -2.40. The summed E-state index contributed by atoms with van der Waals surface area (Å²) in [5.41, 5.74) is 1.61. The van der Waals surface area contributed by atoms with E-state index >= 15 is 0 Å². The van der Waals surface area contributed by atoms with Gasteiger partial charge in [0.2, 0.25) is 0 Å². The number of thiophene rings is 1. The molecule has 0 bridgehead atoms. The number of hydrogen-bond acceptors (Lipinski definition) is 3. The van der Waals surface area contributed by atoms with Gasteiger partial charge >= 0.3 is 0 Å². The molecule has 1 atom stereocenters. The van der Waals surface area contributed by atoms with Gasteiger partial charge in [-0.15, -0.1) is 11.3 Å². The van der Waals surface area contributed by atoms with Crippen molar-refractivity contribution in [2.75, 3.05) is 6.54 Å². The zero-order valence-electron chi connectivity index (χ0n) is 12.6. The van der Waals surface area contributed by atoms with Gasteiger partial charge in [-0.1, -0.05) is 24.3 Å². The molecule has 3 heterocycles. The fourth-order valence-corrected chi connectivity index (χ4v) is 3.98. The molecule has 116 valence electrons. The quantitative estimate of drug-likeness (QED) is 0.733. The lowest BCUT2D eigenvalue weighted by molar-refractivity contribution is 0.0738. The summed E-state index contributed by atoms with van der Waals surface area (Å²) in [6, 6.07) is 14.2. The number of benzene rings is 1. The molecule has 0 aliphatic carbocycles. The van der Waals surface area contributed by atoms with Crippen LogP contribution in [-0.2, 0) is 0 Å². The van der Waals surface area contributed by atoms with Crippen LogP contribution in [0.25, 0.3) is 5.69 Å². The van der Waals surface area contributed by atoms with Crippen LogP contribution in [-0.4, -0.2) is 27.1 Å². The van der Waals surface area contributed by atoms with Gasteiger partial charge in [-0.3, -0.25) is 4.79 Å². The summed E-state index contributed by atoms with van der Waals surface area (Å²) in [5, 5.41) is 6.41. The number of amides is 1. The minimum atomic E-state index is 0.0723. The predicted molar refractivity (Wildman–Crippen MR) is 90.9 cm³/mol. The summed E-state index contributed by atoms with van der Waals surface area (Å²) in [6.07, 6.45) is 5.58. The molecule has 4 nitrogen and oxygen atoms in total. The van der Waals surface area contributed by atoms with Crippen molar-refractivity contribution in [3.63, 3.8) is 0 Å². The topological polar surface area (TPSA) is 38.1 Å². The zero-order valence-corrected chi connectivity index (χ0v) is 13.4. The number of aromatic nitrogens is 2. The molecular formula is C18H17N3OS. The molecule has 1 aromatic carbocycles. The lowest BCUT2D eigenvalue weighted by Gasteiger charge is -2.23. The van der Waals surface area contributed by atoms with E-state index in [0.717, 1.165) is 25.1 Å². The Labute approximate surface area is 139 Å². The van der Waals surface area contributed by atoms with Crippen LogP contribution in [0, 0.1) is 0 Å². The van der Waals surface area contributed by atoms with Gasteiger partial charge in [-0.2, -0.15) is 5.10 Å². The van der Waals surface area contributed by atoms with Gasteiger partial charge in [0.15, 0.2) is 0 Å². The minimum Gasteiger partial charge on any atom is -0.331 e. The molecule has 0 spiro atoms. The zero-order chi connectivity index (χ0) is 15.6. The van der Waals surface area contributed by atoms with E-state index in [4.69, 9.17) is 0 Å². The van der Waals surface area contributed by atoms with E-state index in [1.54, 1.807) is 22.2 Å². The maximum absolute atomic E-state index is 12.9. The van der Waals surface area contributed by atoms with E-state index in [1.165, 1.54) is 4.88 Å². The largest absolute Gasteiger partial charge is 0.331 e. The standard InChI is InChI=1S/C18H17N3OS/c22-18(20-10-4-8-16(20)17-9-5-11-23-17)14-12-19-21(13-14)15-6-2-1-3-7-15/h1-3,5-7,9,11-13,16H,4,8,10H2.